The largest absolute Gasteiger partial charge is 0.487 e. The predicted octanol–water partition coefficient (Wildman–Crippen LogP) is 0.308. The van der Waals surface area contributed by atoms with Crippen molar-refractivity contribution in [2.75, 3.05) is 30.5 Å². The van der Waals surface area contributed by atoms with Crippen LogP contribution in [0.25, 0.3) is 0 Å². The van der Waals surface area contributed by atoms with Gasteiger partial charge in [-0.1, -0.05) is 13.3 Å². The van der Waals surface area contributed by atoms with E-state index < -0.39 is 20.7 Å². The summed E-state index contributed by atoms with van der Waals surface area (Å²) >= 11 is 0. The van der Waals surface area contributed by atoms with Crippen molar-refractivity contribution in [3.63, 3.8) is 0 Å². The molecule has 0 spiro atoms. The molecule has 0 saturated heterocycles. The number of hydrogen-bond donors (Lipinski definition) is 1. The molecule has 0 unspecified atom stereocenters. The fraction of sp³-hybridized carbons (Fsp3) is 0.667. The van der Waals surface area contributed by atoms with Gasteiger partial charge in [0.2, 0.25) is 0 Å². The summed E-state index contributed by atoms with van der Waals surface area (Å²) in [4.78, 5) is 22.6. The van der Waals surface area contributed by atoms with Gasteiger partial charge in [-0.05, 0) is 12.8 Å². The lowest BCUT2D eigenvalue weighted by Gasteiger charge is -2.13. The highest BCUT2D eigenvalue weighted by molar-refractivity contribution is 7.90. The first-order valence-electron chi connectivity index (χ1n) is 6.24. The number of ether oxygens (including phenoxy) is 1. The normalized spacial score (nSPS) is 11.7. The molecular weight excluding hydrogens is 270 g/mol. The van der Waals surface area contributed by atoms with Crippen molar-refractivity contribution in [1.29, 1.82) is 0 Å². The molecule has 0 amide bonds. The van der Waals surface area contributed by atoms with Crippen LogP contribution in [0.15, 0.2) is 9.59 Å². The van der Waals surface area contributed by atoms with Gasteiger partial charge in [0.15, 0.2) is 5.75 Å². The lowest BCUT2D eigenvalue weighted by Crippen LogP contribution is -2.36. The van der Waals surface area contributed by atoms with Gasteiger partial charge in [0, 0.05) is 12.8 Å². The van der Waals surface area contributed by atoms with Crippen LogP contribution in [0.5, 0.6) is 5.75 Å². The highest BCUT2D eigenvalue weighted by Crippen LogP contribution is 2.17. The van der Waals surface area contributed by atoms with Crippen molar-refractivity contribution in [2.24, 2.45) is 0 Å². The Labute approximate surface area is 112 Å². The third-order valence-electron chi connectivity index (χ3n) is 2.60. The molecule has 0 bridgehead atoms. The third kappa shape index (κ3) is 4.66. The Bertz CT molecular complexity index is 583. The second kappa shape index (κ2) is 6.70. The zero-order chi connectivity index (χ0) is 14.5. The topological polar surface area (TPSA) is 89.5 Å². The van der Waals surface area contributed by atoms with E-state index in [-0.39, 0.29) is 17.2 Å². The number of nitrogens with one attached hydrogen (secondary N) is 1. The standard InChI is InChI=1S/C12H19NO5S/c1-3-4-7-18-12-9(10(14)11(12)15)13-6-5-8-19(2,16)17/h13H,3-8H2,1-2H3. The summed E-state index contributed by atoms with van der Waals surface area (Å²) in [5.74, 6) is 0.124. The number of hydrogen-bond acceptors (Lipinski definition) is 6. The van der Waals surface area contributed by atoms with Crippen LogP contribution in [0.1, 0.15) is 26.2 Å². The second-order valence-electron chi connectivity index (χ2n) is 4.47. The van der Waals surface area contributed by atoms with E-state index in [1.54, 1.807) is 0 Å². The van der Waals surface area contributed by atoms with E-state index in [0.717, 1.165) is 19.1 Å². The molecule has 1 N–H and O–H groups in total. The fourth-order valence-electron chi connectivity index (χ4n) is 1.54. The maximum atomic E-state index is 11.3. The van der Waals surface area contributed by atoms with E-state index in [1.807, 2.05) is 6.92 Å². The van der Waals surface area contributed by atoms with Crippen LogP contribution in [0.2, 0.25) is 0 Å². The first-order chi connectivity index (χ1) is 8.87. The molecule has 19 heavy (non-hydrogen) atoms. The van der Waals surface area contributed by atoms with Gasteiger partial charge in [-0.25, -0.2) is 8.42 Å². The summed E-state index contributed by atoms with van der Waals surface area (Å²) in [5.41, 5.74) is -1.03. The molecular formula is C12H19NO5S. The number of unbranched alkanes of at least 4 members (excludes halogenated alkanes) is 1. The summed E-state index contributed by atoms with van der Waals surface area (Å²) in [6.45, 7) is 2.72. The van der Waals surface area contributed by atoms with Gasteiger partial charge in [0.1, 0.15) is 15.5 Å². The minimum atomic E-state index is -3.01. The lowest BCUT2D eigenvalue weighted by molar-refractivity contribution is 0.304. The molecule has 0 aliphatic heterocycles. The van der Waals surface area contributed by atoms with Crippen molar-refractivity contribution in [3.8, 4) is 5.75 Å². The first-order valence-corrected chi connectivity index (χ1v) is 8.30. The van der Waals surface area contributed by atoms with Gasteiger partial charge in [-0.15, -0.1) is 0 Å². The molecule has 7 heteroatoms. The monoisotopic (exact) mass is 289 g/mol. The summed E-state index contributed by atoms with van der Waals surface area (Å²) in [5, 5.41) is 2.77. The molecule has 108 valence electrons. The minimum absolute atomic E-state index is 0.0431. The van der Waals surface area contributed by atoms with Gasteiger partial charge >= 0.3 is 0 Å². The van der Waals surface area contributed by atoms with Crippen molar-refractivity contribution in [2.45, 2.75) is 26.2 Å². The van der Waals surface area contributed by atoms with Crippen LogP contribution < -0.4 is 20.9 Å². The quantitative estimate of drug-likeness (QED) is 0.520. The molecule has 1 aromatic carbocycles. The van der Waals surface area contributed by atoms with Gasteiger partial charge < -0.3 is 10.1 Å². The average Bonchev–Trinajstić information content (AvgIpc) is 2.34. The van der Waals surface area contributed by atoms with Gasteiger partial charge in [0.25, 0.3) is 10.9 Å². The predicted molar refractivity (Wildman–Crippen MR) is 74.6 cm³/mol. The summed E-state index contributed by atoms with van der Waals surface area (Å²) < 4.78 is 27.1. The Morgan fingerprint density at radius 1 is 1.16 bits per heavy atom. The van der Waals surface area contributed by atoms with Gasteiger partial charge in [-0.3, -0.25) is 9.59 Å². The Morgan fingerprint density at radius 3 is 2.42 bits per heavy atom. The molecule has 0 saturated carbocycles. The van der Waals surface area contributed by atoms with Gasteiger partial charge in [0.05, 0.1) is 12.4 Å². The third-order valence-corrected chi connectivity index (χ3v) is 3.63. The highest BCUT2D eigenvalue weighted by Gasteiger charge is 2.21. The Balaban J connectivity index is 2.48. The maximum absolute atomic E-state index is 11.3. The number of rotatable bonds is 9. The fourth-order valence-corrected chi connectivity index (χ4v) is 2.20. The van der Waals surface area contributed by atoms with Crippen LogP contribution in [0, 0.1) is 0 Å². The van der Waals surface area contributed by atoms with E-state index >= 15 is 0 Å². The Kier molecular flexibility index (Phi) is 5.53. The lowest BCUT2D eigenvalue weighted by atomic mass is 10.2. The second-order valence-corrected chi connectivity index (χ2v) is 6.73. The number of anilines is 1. The summed E-state index contributed by atoms with van der Waals surface area (Å²) in [6, 6.07) is 0. The smallest absolute Gasteiger partial charge is 0.272 e. The SMILES string of the molecule is CCCCOc1c(NCCCS(C)(=O)=O)c(=O)c1=O. The van der Waals surface area contributed by atoms with Crippen LogP contribution in [0.4, 0.5) is 5.69 Å². The molecule has 0 aliphatic carbocycles. The zero-order valence-electron chi connectivity index (χ0n) is 11.2. The van der Waals surface area contributed by atoms with Crippen molar-refractivity contribution in [1.82, 2.24) is 0 Å². The van der Waals surface area contributed by atoms with Crippen LogP contribution in [-0.2, 0) is 9.84 Å². The van der Waals surface area contributed by atoms with E-state index in [2.05, 4.69) is 5.32 Å². The minimum Gasteiger partial charge on any atom is -0.487 e. The van der Waals surface area contributed by atoms with E-state index in [1.165, 1.54) is 0 Å². The molecule has 1 rings (SSSR count). The van der Waals surface area contributed by atoms with Crippen molar-refractivity contribution < 1.29 is 13.2 Å². The van der Waals surface area contributed by atoms with Crippen molar-refractivity contribution in [3.05, 3.63) is 20.4 Å². The van der Waals surface area contributed by atoms with E-state index in [9.17, 15) is 18.0 Å². The molecule has 0 radical (unpaired) electrons. The molecule has 1 aromatic rings. The molecule has 0 aromatic heterocycles. The Hall–Kier alpha value is -1.37. The first kappa shape index (κ1) is 15.7. The molecule has 0 heterocycles. The molecule has 0 aliphatic rings. The molecule has 0 atom stereocenters. The van der Waals surface area contributed by atoms with Crippen LogP contribution >= 0.6 is 0 Å². The van der Waals surface area contributed by atoms with Crippen LogP contribution in [-0.4, -0.2) is 33.6 Å². The zero-order valence-corrected chi connectivity index (χ0v) is 12.0. The maximum Gasteiger partial charge on any atom is 0.272 e. The molecule has 6 nitrogen and oxygen atoms in total. The van der Waals surface area contributed by atoms with Crippen LogP contribution in [0.3, 0.4) is 0 Å². The summed E-state index contributed by atoms with van der Waals surface area (Å²) in [6.07, 6.45) is 3.29. The Morgan fingerprint density at radius 2 is 1.84 bits per heavy atom. The van der Waals surface area contributed by atoms with E-state index in [4.69, 9.17) is 4.74 Å². The average molecular weight is 289 g/mol. The molecule has 0 fully saturated rings. The highest BCUT2D eigenvalue weighted by atomic mass is 32.2. The number of sulfone groups is 1. The summed E-state index contributed by atoms with van der Waals surface area (Å²) in [7, 11) is -3.01. The van der Waals surface area contributed by atoms with Gasteiger partial charge in [-0.2, -0.15) is 0 Å². The van der Waals surface area contributed by atoms with Crippen molar-refractivity contribution >= 4 is 15.5 Å². The van der Waals surface area contributed by atoms with E-state index in [0.29, 0.717) is 19.6 Å².